The second-order valence-corrected chi connectivity index (χ2v) is 11.3. The van der Waals surface area contributed by atoms with Crippen LogP contribution in [0.5, 0.6) is 0 Å². The smallest absolute Gasteiger partial charge is 0.316 e. The summed E-state index contributed by atoms with van der Waals surface area (Å²) >= 11 is 1.43. The van der Waals surface area contributed by atoms with Crippen molar-refractivity contribution >= 4 is 49.6 Å². The van der Waals surface area contributed by atoms with Gasteiger partial charge in [0.15, 0.2) is 0 Å². The summed E-state index contributed by atoms with van der Waals surface area (Å²) in [7, 11) is -0.569. The lowest BCUT2D eigenvalue weighted by Crippen LogP contribution is -2.22. The van der Waals surface area contributed by atoms with Crippen molar-refractivity contribution in [1.82, 2.24) is 13.9 Å². The number of rotatable bonds is 9. The first-order valence-electron chi connectivity index (χ1n) is 11.0. The summed E-state index contributed by atoms with van der Waals surface area (Å²) in [6.07, 6.45) is 0.863. The van der Waals surface area contributed by atoms with Crippen LogP contribution < -0.4 is 0 Å². The van der Waals surface area contributed by atoms with Crippen molar-refractivity contribution in [3.8, 4) is 0 Å². The van der Waals surface area contributed by atoms with Crippen LogP contribution in [0.3, 0.4) is 0 Å². The second-order valence-electron chi connectivity index (χ2n) is 8.08. The Kier molecular flexibility index (Phi) is 7.25. The molecule has 0 radical (unpaired) electrons. The zero-order valence-corrected chi connectivity index (χ0v) is 21.0. The number of carbonyl (C=O) groups is 1. The van der Waals surface area contributed by atoms with Crippen LogP contribution in [0.4, 0.5) is 0 Å². The number of esters is 1. The highest BCUT2D eigenvalue weighted by Gasteiger charge is 2.20. The number of aryl methyl sites for hydroxylation is 1. The molecule has 178 valence electrons. The zero-order valence-electron chi connectivity index (χ0n) is 19.4. The minimum absolute atomic E-state index is 0.0293. The first-order chi connectivity index (χ1) is 16.3. The molecule has 0 unspecified atom stereocenters. The molecule has 0 N–H and O–H groups in total. The van der Waals surface area contributed by atoms with Crippen LogP contribution in [0.15, 0.2) is 70.5 Å². The SMILES string of the molecule is CCCn1c(COC(=O)CSc2ccc3ccccc3c2)nc2cc(S(=O)(=O)N(C)C)ccc21. The van der Waals surface area contributed by atoms with Gasteiger partial charge in [-0.1, -0.05) is 37.3 Å². The molecule has 3 aromatic carbocycles. The van der Waals surface area contributed by atoms with E-state index in [2.05, 4.69) is 17.1 Å². The van der Waals surface area contributed by atoms with E-state index < -0.39 is 10.0 Å². The third-order valence-corrected chi connectivity index (χ3v) is 8.24. The second kappa shape index (κ2) is 10.2. The van der Waals surface area contributed by atoms with Crippen molar-refractivity contribution in [3.05, 3.63) is 66.5 Å². The lowest BCUT2D eigenvalue weighted by molar-refractivity contribution is -0.142. The van der Waals surface area contributed by atoms with E-state index in [1.165, 1.54) is 30.2 Å². The molecular weight excluding hydrogens is 470 g/mol. The highest BCUT2D eigenvalue weighted by Crippen LogP contribution is 2.25. The molecule has 1 heterocycles. The van der Waals surface area contributed by atoms with Gasteiger partial charge >= 0.3 is 5.97 Å². The maximum Gasteiger partial charge on any atom is 0.316 e. The maximum absolute atomic E-state index is 12.5. The highest BCUT2D eigenvalue weighted by atomic mass is 32.2. The summed E-state index contributed by atoms with van der Waals surface area (Å²) in [6.45, 7) is 2.77. The average Bonchev–Trinajstić information content (AvgIpc) is 3.18. The van der Waals surface area contributed by atoms with Gasteiger partial charge in [-0.3, -0.25) is 4.79 Å². The third-order valence-electron chi connectivity index (χ3n) is 5.46. The van der Waals surface area contributed by atoms with Crippen molar-refractivity contribution in [2.45, 2.75) is 36.3 Å². The largest absolute Gasteiger partial charge is 0.457 e. The lowest BCUT2D eigenvalue weighted by atomic mass is 10.1. The third kappa shape index (κ3) is 5.11. The Labute approximate surface area is 203 Å². The Hall–Kier alpha value is -2.88. The predicted molar refractivity (Wildman–Crippen MR) is 135 cm³/mol. The van der Waals surface area contributed by atoms with Crippen LogP contribution in [0, 0.1) is 0 Å². The van der Waals surface area contributed by atoms with E-state index in [-0.39, 0.29) is 23.2 Å². The van der Waals surface area contributed by atoms with Crippen LogP contribution in [-0.2, 0) is 32.7 Å². The number of sulfonamides is 1. The fourth-order valence-corrected chi connectivity index (χ4v) is 5.36. The Morgan fingerprint density at radius 2 is 1.82 bits per heavy atom. The molecule has 0 spiro atoms. The summed E-state index contributed by atoms with van der Waals surface area (Å²) in [5, 5.41) is 2.29. The number of fused-ring (bicyclic) bond motifs is 2. The number of nitrogens with zero attached hydrogens (tertiary/aromatic N) is 3. The molecule has 0 aliphatic heterocycles. The Morgan fingerprint density at radius 1 is 1.06 bits per heavy atom. The van der Waals surface area contributed by atoms with Crippen molar-refractivity contribution in [1.29, 1.82) is 0 Å². The Balaban J connectivity index is 1.46. The van der Waals surface area contributed by atoms with Gasteiger partial charge in [-0.25, -0.2) is 17.7 Å². The van der Waals surface area contributed by atoms with Gasteiger partial charge in [0.2, 0.25) is 10.0 Å². The number of thioether (sulfide) groups is 1. The average molecular weight is 498 g/mol. The number of aromatic nitrogens is 2. The summed E-state index contributed by atoms with van der Waals surface area (Å²) in [6, 6.07) is 19.1. The molecule has 4 rings (SSSR count). The summed E-state index contributed by atoms with van der Waals surface area (Å²) in [5.74, 6) is 0.460. The molecular formula is C25H27N3O4S2. The van der Waals surface area contributed by atoms with Gasteiger partial charge in [0.1, 0.15) is 12.4 Å². The topological polar surface area (TPSA) is 81.5 Å². The van der Waals surface area contributed by atoms with Crippen molar-refractivity contribution in [3.63, 3.8) is 0 Å². The molecule has 0 aliphatic rings. The van der Waals surface area contributed by atoms with Gasteiger partial charge in [-0.15, -0.1) is 11.8 Å². The highest BCUT2D eigenvalue weighted by molar-refractivity contribution is 8.00. The Bertz CT molecular complexity index is 1450. The summed E-state index contributed by atoms with van der Waals surface area (Å²) in [4.78, 5) is 18.2. The van der Waals surface area contributed by atoms with E-state index in [4.69, 9.17) is 4.74 Å². The van der Waals surface area contributed by atoms with E-state index >= 15 is 0 Å². The van der Waals surface area contributed by atoms with E-state index in [1.54, 1.807) is 18.2 Å². The van der Waals surface area contributed by atoms with Gasteiger partial charge in [0.05, 0.1) is 21.7 Å². The number of hydrogen-bond acceptors (Lipinski definition) is 6. The molecule has 0 atom stereocenters. The van der Waals surface area contributed by atoms with E-state index in [0.29, 0.717) is 17.9 Å². The number of benzene rings is 3. The normalized spacial score (nSPS) is 12.0. The predicted octanol–water partition coefficient (Wildman–Crippen LogP) is 4.69. The van der Waals surface area contributed by atoms with Crippen molar-refractivity contribution in [2.24, 2.45) is 0 Å². The first kappa shape index (κ1) is 24.3. The minimum atomic E-state index is -3.56. The van der Waals surface area contributed by atoms with Gasteiger partial charge < -0.3 is 9.30 Å². The van der Waals surface area contributed by atoms with E-state index in [0.717, 1.165) is 27.6 Å². The molecule has 0 aliphatic carbocycles. The summed E-state index contributed by atoms with van der Waals surface area (Å²) in [5.41, 5.74) is 1.38. The monoisotopic (exact) mass is 497 g/mol. The van der Waals surface area contributed by atoms with E-state index in [1.807, 2.05) is 41.8 Å². The van der Waals surface area contributed by atoms with Crippen LogP contribution in [0.2, 0.25) is 0 Å². The molecule has 4 aromatic rings. The van der Waals surface area contributed by atoms with Crippen LogP contribution in [0.25, 0.3) is 21.8 Å². The Morgan fingerprint density at radius 3 is 2.56 bits per heavy atom. The molecule has 0 amide bonds. The van der Waals surface area contributed by atoms with Crippen LogP contribution in [-0.4, -0.2) is 48.1 Å². The molecule has 0 bridgehead atoms. The maximum atomic E-state index is 12.5. The van der Waals surface area contributed by atoms with Gasteiger partial charge in [0, 0.05) is 25.5 Å². The van der Waals surface area contributed by atoms with Gasteiger partial charge in [0.25, 0.3) is 0 Å². The minimum Gasteiger partial charge on any atom is -0.457 e. The molecule has 0 fully saturated rings. The lowest BCUT2D eigenvalue weighted by Gasteiger charge is -2.11. The zero-order chi connectivity index (χ0) is 24.3. The number of imidazole rings is 1. The fraction of sp³-hybridized carbons (Fsp3) is 0.280. The molecule has 0 saturated carbocycles. The van der Waals surface area contributed by atoms with Gasteiger partial charge in [-0.05, 0) is 47.5 Å². The summed E-state index contributed by atoms with van der Waals surface area (Å²) < 4.78 is 33.6. The standard InChI is InChI=1S/C25H27N3O4S2/c1-4-13-28-23-12-11-21(34(30,31)27(2)3)15-22(23)26-24(28)16-32-25(29)17-33-20-10-9-18-7-5-6-8-19(18)14-20/h5-12,14-15H,4,13,16-17H2,1-3H3. The molecule has 0 saturated heterocycles. The molecule has 1 aromatic heterocycles. The number of hydrogen-bond donors (Lipinski definition) is 0. The van der Waals surface area contributed by atoms with Gasteiger partial charge in [-0.2, -0.15) is 0 Å². The van der Waals surface area contributed by atoms with Crippen molar-refractivity contribution < 1.29 is 17.9 Å². The number of carbonyl (C=O) groups excluding carboxylic acids is 1. The molecule has 7 nitrogen and oxygen atoms in total. The number of ether oxygens (including phenoxy) is 1. The molecule has 9 heteroatoms. The quantitative estimate of drug-likeness (QED) is 0.247. The fourth-order valence-electron chi connectivity index (χ4n) is 3.70. The molecule has 34 heavy (non-hydrogen) atoms. The van der Waals surface area contributed by atoms with Crippen molar-refractivity contribution in [2.75, 3.05) is 19.8 Å². The van der Waals surface area contributed by atoms with Crippen LogP contribution in [0.1, 0.15) is 19.2 Å². The van der Waals surface area contributed by atoms with Crippen LogP contribution >= 0.6 is 11.8 Å². The van der Waals surface area contributed by atoms with E-state index in [9.17, 15) is 13.2 Å². The first-order valence-corrected chi connectivity index (χ1v) is 13.4.